The zero-order valence-corrected chi connectivity index (χ0v) is 13.5. The van der Waals surface area contributed by atoms with Crippen molar-refractivity contribution in [3.05, 3.63) is 54.4 Å². The Morgan fingerprint density at radius 1 is 1.35 bits per heavy atom. The third-order valence-corrected chi connectivity index (χ3v) is 4.27. The summed E-state index contributed by atoms with van der Waals surface area (Å²) >= 11 is 0. The maximum Gasteiger partial charge on any atom is 0.256 e. The smallest absolute Gasteiger partial charge is 0.256 e. The third kappa shape index (κ3) is 3.62. The first kappa shape index (κ1) is 15.7. The molecule has 1 aliphatic heterocycles. The molecule has 2 aromatic rings. The van der Waals surface area contributed by atoms with Crippen molar-refractivity contribution in [3.63, 3.8) is 0 Å². The number of hydrogen-bond donors (Lipinski definition) is 0. The van der Waals surface area contributed by atoms with Gasteiger partial charge in [-0.3, -0.25) is 9.48 Å². The molecule has 0 spiro atoms. The average Bonchev–Trinajstić information content (AvgIpc) is 3.15. The number of benzene rings is 1. The van der Waals surface area contributed by atoms with Gasteiger partial charge in [0, 0.05) is 32.1 Å². The van der Waals surface area contributed by atoms with Crippen LogP contribution in [0.2, 0.25) is 0 Å². The van der Waals surface area contributed by atoms with Gasteiger partial charge < -0.3 is 9.64 Å². The fourth-order valence-electron chi connectivity index (χ4n) is 3.14. The number of piperidine rings is 1. The fourth-order valence-corrected chi connectivity index (χ4v) is 3.14. The number of ether oxygens (including phenoxy) is 1. The Balaban J connectivity index is 1.74. The highest BCUT2D eigenvalue weighted by Gasteiger charge is 2.31. The molecule has 122 valence electrons. The monoisotopic (exact) mass is 313 g/mol. The molecule has 2 heterocycles. The molecule has 3 rings (SSSR count). The second-order valence-electron chi connectivity index (χ2n) is 5.81. The van der Waals surface area contributed by atoms with Crippen molar-refractivity contribution in [2.45, 2.75) is 31.9 Å². The number of carbonyl (C=O) groups excluding carboxylic acids is 1. The van der Waals surface area contributed by atoms with E-state index in [0.29, 0.717) is 13.2 Å². The topological polar surface area (TPSA) is 47.4 Å². The van der Waals surface area contributed by atoms with Gasteiger partial charge in [0.2, 0.25) is 0 Å². The van der Waals surface area contributed by atoms with Crippen molar-refractivity contribution in [3.8, 4) is 0 Å². The molecule has 0 N–H and O–H groups in total. The van der Waals surface area contributed by atoms with Gasteiger partial charge in [-0.05, 0) is 31.4 Å². The molecule has 0 bridgehead atoms. The maximum absolute atomic E-state index is 13.0. The number of hydrogen-bond acceptors (Lipinski definition) is 3. The molecule has 23 heavy (non-hydrogen) atoms. The molecule has 1 saturated heterocycles. The van der Waals surface area contributed by atoms with Gasteiger partial charge in [0.05, 0.1) is 6.04 Å². The number of rotatable bonds is 5. The Morgan fingerprint density at radius 2 is 2.17 bits per heavy atom. The van der Waals surface area contributed by atoms with E-state index in [0.717, 1.165) is 24.9 Å². The molecule has 5 heteroatoms. The number of carbonyl (C=O) groups is 1. The molecule has 2 atom stereocenters. The summed E-state index contributed by atoms with van der Waals surface area (Å²) in [6.45, 7) is 3.91. The summed E-state index contributed by atoms with van der Waals surface area (Å²) in [6, 6.07) is 11.9. The molecule has 5 nitrogen and oxygen atoms in total. The van der Waals surface area contributed by atoms with E-state index < -0.39 is 6.10 Å². The van der Waals surface area contributed by atoms with E-state index in [9.17, 15) is 4.79 Å². The fraction of sp³-hybridized carbons (Fsp3) is 0.444. The van der Waals surface area contributed by atoms with E-state index >= 15 is 0 Å². The summed E-state index contributed by atoms with van der Waals surface area (Å²) in [4.78, 5) is 14.9. The minimum absolute atomic E-state index is 0.0508. The average molecular weight is 313 g/mol. The lowest BCUT2D eigenvalue weighted by Crippen LogP contribution is -2.43. The van der Waals surface area contributed by atoms with Crippen LogP contribution in [0.15, 0.2) is 48.8 Å². The summed E-state index contributed by atoms with van der Waals surface area (Å²) in [5.41, 5.74) is 0.917. The minimum atomic E-state index is -0.516. The van der Waals surface area contributed by atoms with Crippen LogP contribution >= 0.6 is 0 Å². The highest BCUT2D eigenvalue weighted by molar-refractivity contribution is 5.82. The molecule has 1 aromatic heterocycles. The second kappa shape index (κ2) is 7.42. The summed E-state index contributed by atoms with van der Waals surface area (Å²) in [6.07, 6.45) is 5.28. The Labute approximate surface area is 136 Å². The van der Waals surface area contributed by atoms with Crippen LogP contribution in [-0.2, 0) is 9.53 Å². The van der Waals surface area contributed by atoms with Gasteiger partial charge in [-0.15, -0.1) is 0 Å². The highest BCUT2D eigenvalue weighted by Crippen LogP contribution is 2.26. The van der Waals surface area contributed by atoms with Crippen LogP contribution < -0.4 is 0 Å². The molecule has 1 aromatic carbocycles. The van der Waals surface area contributed by atoms with Gasteiger partial charge in [-0.1, -0.05) is 30.3 Å². The largest absolute Gasteiger partial charge is 0.364 e. The molecule has 0 unspecified atom stereocenters. The predicted octanol–water partition coefficient (Wildman–Crippen LogP) is 2.82. The van der Waals surface area contributed by atoms with E-state index in [-0.39, 0.29) is 11.9 Å². The van der Waals surface area contributed by atoms with Gasteiger partial charge in [-0.2, -0.15) is 5.10 Å². The zero-order chi connectivity index (χ0) is 16.1. The molecular formula is C18H23N3O2. The van der Waals surface area contributed by atoms with Crippen LogP contribution in [0.4, 0.5) is 0 Å². The summed E-state index contributed by atoms with van der Waals surface area (Å²) in [5, 5.41) is 4.32. The van der Waals surface area contributed by atoms with E-state index in [2.05, 4.69) is 5.10 Å². The first-order chi connectivity index (χ1) is 11.3. The van der Waals surface area contributed by atoms with Crippen molar-refractivity contribution in [1.29, 1.82) is 0 Å². The van der Waals surface area contributed by atoms with Crippen LogP contribution in [0.3, 0.4) is 0 Å². The second-order valence-corrected chi connectivity index (χ2v) is 5.81. The van der Waals surface area contributed by atoms with E-state index in [1.807, 2.05) is 59.1 Å². The lowest BCUT2D eigenvalue weighted by molar-refractivity contribution is -0.145. The molecular weight excluding hydrogens is 290 g/mol. The molecule has 1 fully saturated rings. The van der Waals surface area contributed by atoms with Crippen LogP contribution in [0, 0.1) is 0 Å². The lowest BCUT2D eigenvalue weighted by atomic mass is 10.0. The number of nitrogens with zero attached hydrogens (tertiary/aromatic N) is 3. The van der Waals surface area contributed by atoms with E-state index in [1.165, 1.54) is 0 Å². The van der Waals surface area contributed by atoms with Gasteiger partial charge in [0.1, 0.15) is 0 Å². The third-order valence-electron chi connectivity index (χ3n) is 4.27. The Hall–Kier alpha value is -2.14. The minimum Gasteiger partial charge on any atom is -0.364 e. The molecule has 1 amide bonds. The Bertz CT molecular complexity index is 612. The number of likely N-dealkylation sites (tertiary alicyclic amines) is 1. The summed E-state index contributed by atoms with van der Waals surface area (Å²) in [5.74, 6) is 0.0508. The molecule has 0 aliphatic carbocycles. The van der Waals surface area contributed by atoms with Crippen molar-refractivity contribution >= 4 is 5.91 Å². The standard InChI is InChI=1S/C18H23N3O2/c1-2-23-17(15-8-4-3-5-9-15)18(22)20-12-6-10-16(14-20)21-13-7-11-19-21/h3-5,7-9,11,13,16-17H,2,6,10,12,14H2,1H3/t16-,17+/m0/s1. The summed E-state index contributed by atoms with van der Waals surface area (Å²) < 4.78 is 7.71. The van der Waals surface area contributed by atoms with Crippen molar-refractivity contribution in [2.24, 2.45) is 0 Å². The highest BCUT2D eigenvalue weighted by atomic mass is 16.5. The first-order valence-electron chi connectivity index (χ1n) is 8.24. The zero-order valence-electron chi connectivity index (χ0n) is 13.5. The van der Waals surface area contributed by atoms with E-state index in [1.54, 1.807) is 6.20 Å². The van der Waals surface area contributed by atoms with Crippen LogP contribution in [-0.4, -0.2) is 40.3 Å². The van der Waals surface area contributed by atoms with Crippen LogP contribution in [0.1, 0.15) is 37.5 Å². The van der Waals surface area contributed by atoms with Crippen LogP contribution in [0.25, 0.3) is 0 Å². The number of aromatic nitrogens is 2. The van der Waals surface area contributed by atoms with Crippen molar-refractivity contribution < 1.29 is 9.53 Å². The van der Waals surface area contributed by atoms with Crippen molar-refractivity contribution in [1.82, 2.24) is 14.7 Å². The van der Waals surface area contributed by atoms with Gasteiger partial charge in [0.25, 0.3) is 5.91 Å². The lowest BCUT2D eigenvalue weighted by Gasteiger charge is -2.35. The van der Waals surface area contributed by atoms with E-state index in [4.69, 9.17) is 4.74 Å². The molecule has 0 radical (unpaired) electrons. The normalized spacial score (nSPS) is 19.5. The quantitative estimate of drug-likeness (QED) is 0.853. The summed E-state index contributed by atoms with van der Waals surface area (Å²) in [7, 11) is 0. The number of amides is 1. The van der Waals surface area contributed by atoms with Gasteiger partial charge in [0.15, 0.2) is 6.10 Å². The van der Waals surface area contributed by atoms with Gasteiger partial charge in [-0.25, -0.2) is 0 Å². The van der Waals surface area contributed by atoms with Gasteiger partial charge >= 0.3 is 0 Å². The SMILES string of the molecule is CCO[C@@H](C(=O)N1CCC[C@H](n2cccn2)C1)c1ccccc1. The molecule has 0 saturated carbocycles. The predicted molar refractivity (Wildman–Crippen MR) is 87.9 cm³/mol. The Kier molecular flexibility index (Phi) is 5.08. The first-order valence-corrected chi connectivity index (χ1v) is 8.24. The van der Waals surface area contributed by atoms with Crippen LogP contribution in [0.5, 0.6) is 0 Å². The maximum atomic E-state index is 13.0. The van der Waals surface area contributed by atoms with Crippen molar-refractivity contribution in [2.75, 3.05) is 19.7 Å². The molecule has 1 aliphatic rings. The Morgan fingerprint density at radius 3 is 2.87 bits per heavy atom.